The Balaban J connectivity index is 2.37. The number of nitrogens with one attached hydrogen (secondary N) is 1. The molecule has 0 unspecified atom stereocenters. The topological polar surface area (TPSA) is 63.6 Å². The van der Waals surface area contributed by atoms with Crippen LogP contribution in [-0.4, -0.2) is 27.0 Å². The molecule has 5 nitrogen and oxygen atoms in total. The lowest BCUT2D eigenvalue weighted by Crippen LogP contribution is -2.04. The van der Waals surface area contributed by atoms with Gasteiger partial charge < -0.3 is 5.32 Å². The average molecular weight is 261 g/mol. The van der Waals surface area contributed by atoms with Gasteiger partial charge >= 0.3 is 0 Å². The van der Waals surface area contributed by atoms with Crippen molar-refractivity contribution in [1.82, 2.24) is 19.9 Å². The smallest absolute Gasteiger partial charge is 0.133 e. The average Bonchev–Trinajstić information content (AvgIpc) is 2.42. The molecular formula is C12H15N5S. The van der Waals surface area contributed by atoms with Gasteiger partial charge in [-0.3, -0.25) is 0 Å². The Morgan fingerprint density at radius 1 is 1.33 bits per heavy atom. The fourth-order valence-electron chi connectivity index (χ4n) is 1.48. The van der Waals surface area contributed by atoms with Crippen LogP contribution in [0.1, 0.15) is 18.3 Å². The van der Waals surface area contributed by atoms with Crippen LogP contribution < -0.4 is 5.32 Å². The summed E-state index contributed by atoms with van der Waals surface area (Å²) in [6.07, 6.45) is 4.08. The highest BCUT2D eigenvalue weighted by Gasteiger charge is 2.11. The lowest BCUT2D eigenvalue weighted by molar-refractivity contribution is 0.872. The molecule has 1 N–H and O–H groups in total. The van der Waals surface area contributed by atoms with Crippen LogP contribution in [0.4, 0.5) is 5.82 Å². The van der Waals surface area contributed by atoms with Crippen LogP contribution in [0.25, 0.3) is 0 Å². The Morgan fingerprint density at radius 2 is 2.17 bits per heavy atom. The molecule has 2 aromatic rings. The lowest BCUT2D eigenvalue weighted by Gasteiger charge is -2.10. The van der Waals surface area contributed by atoms with Crippen molar-refractivity contribution in [3.8, 4) is 0 Å². The van der Waals surface area contributed by atoms with E-state index in [1.54, 1.807) is 12.5 Å². The van der Waals surface area contributed by atoms with Crippen LogP contribution in [0.2, 0.25) is 0 Å². The minimum Gasteiger partial charge on any atom is -0.373 e. The summed E-state index contributed by atoms with van der Waals surface area (Å²) in [4.78, 5) is 17.1. The maximum atomic E-state index is 4.55. The summed E-state index contributed by atoms with van der Waals surface area (Å²) >= 11 is 1.53. The predicted octanol–water partition coefficient (Wildman–Crippen LogP) is 2.33. The Bertz CT molecular complexity index is 529. The van der Waals surface area contributed by atoms with Crippen LogP contribution in [0.15, 0.2) is 28.6 Å². The number of anilines is 1. The third-order valence-electron chi connectivity index (χ3n) is 2.46. The highest BCUT2D eigenvalue weighted by molar-refractivity contribution is 7.99. The van der Waals surface area contributed by atoms with Crippen molar-refractivity contribution in [3.05, 3.63) is 30.0 Å². The van der Waals surface area contributed by atoms with Gasteiger partial charge in [-0.1, -0.05) is 6.92 Å². The van der Waals surface area contributed by atoms with E-state index in [4.69, 9.17) is 0 Å². The van der Waals surface area contributed by atoms with Crippen LogP contribution >= 0.6 is 11.8 Å². The van der Waals surface area contributed by atoms with E-state index >= 15 is 0 Å². The van der Waals surface area contributed by atoms with Crippen molar-refractivity contribution in [2.24, 2.45) is 0 Å². The van der Waals surface area contributed by atoms with Crippen molar-refractivity contribution < 1.29 is 0 Å². The Kier molecular flexibility index (Phi) is 4.09. The molecular weight excluding hydrogens is 246 g/mol. The van der Waals surface area contributed by atoms with Gasteiger partial charge in [-0.2, -0.15) is 0 Å². The van der Waals surface area contributed by atoms with E-state index in [0.717, 1.165) is 33.7 Å². The lowest BCUT2D eigenvalue weighted by atomic mass is 10.3. The number of hydrogen-bond donors (Lipinski definition) is 1. The van der Waals surface area contributed by atoms with Gasteiger partial charge in [-0.05, 0) is 24.8 Å². The number of aromatic nitrogens is 4. The van der Waals surface area contributed by atoms with E-state index < -0.39 is 0 Å². The zero-order valence-electron chi connectivity index (χ0n) is 10.6. The SMILES string of the molecule is CCc1nc(NC)c(C)c(Sc2ccncn2)n1. The molecule has 2 rings (SSSR count). The zero-order chi connectivity index (χ0) is 13.0. The van der Waals surface area contributed by atoms with Crippen molar-refractivity contribution in [1.29, 1.82) is 0 Å². The largest absolute Gasteiger partial charge is 0.373 e. The zero-order valence-corrected chi connectivity index (χ0v) is 11.5. The number of aryl methyl sites for hydroxylation is 1. The maximum absolute atomic E-state index is 4.55. The molecule has 2 heterocycles. The molecule has 0 atom stereocenters. The van der Waals surface area contributed by atoms with Crippen molar-refractivity contribution in [2.45, 2.75) is 30.3 Å². The van der Waals surface area contributed by atoms with E-state index in [1.165, 1.54) is 11.8 Å². The molecule has 0 aliphatic heterocycles. The van der Waals surface area contributed by atoms with Crippen LogP contribution in [0.5, 0.6) is 0 Å². The maximum Gasteiger partial charge on any atom is 0.133 e. The number of nitrogens with zero attached hydrogens (tertiary/aromatic N) is 4. The van der Waals surface area contributed by atoms with Gasteiger partial charge in [0.1, 0.15) is 28.0 Å². The minimum absolute atomic E-state index is 0.812. The van der Waals surface area contributed by atoms with Crippen LogP contribution in [-0.2, 0) is 6.42 Å². The summed E-state index contributed by atoms with van der Waals surface area (Å²) in [5.41, 5.74) is 1.04. The number of hydrogen-bond acceptors (Lipinski definition) is 6. The van der Waals surface area contributed by atoms with E-state index in [0.29, 0.717) is 0 Å². The summed E-state index contributed by atoms with van der Waals surface area (Å²) in [5, 5.41) is 4.92. The Morgan fingerprint density at radius 3 is 2.78 bits per heavy atom. The van der Waals surface area contributed by atoms with Gasteiger partial charge in [-0.15, -0.1) is 0 Å². The van der Waals surface area contributed by atoms with E-state index in [-0.39, 0.29) is 0 Å². The molecule has 0 aliphatic carbocycles. The molecule has 94 valence electrons. The first-order valence-corrected chi connectivity index (χ1v) is 6.55. The van der Waals surface area contributed by atoms with Crippen LogP contribution in [0, 0.1) is 6.92 Å². The second kappa shape index (κ2) is 5.77. The predicted molar refractivity (Wildman–Crippen MR) is 71.8 cm³/mol. The highest BCUT2D eigenvalue weighted by Crippen LogP contribution is 2.29. The fraction of sp³-hybridized carbons (Fsp3) is 0.333. The molecule has 6 heteroatoms. The molecule has 18 heavy (non-hydrogen) atoms. The van der Waals surface area contributed by atoms with Crippen molar-refractivity contribution in [3.63, 3.8) is 0 Å². The van der Waals surface area contributed by atoms with Gasteiger partial charge in [0.15, 0.2) is 0 Å². The summed E-state index contributed by atoms with van der Waals surface area (Å²) in [5.74, 6) is 1.71. The summed E-state index contributed by atoms with van der Waals surface area (Å²) < 4.78 is 0. The molecule has 0 saturated carbocycles. The molecule has 0 bridgehead atoms. The third-order valence-corrected chi connectivity index (χ3v) is 3.50. The van der Waals surface area contributed by atoms with Gasteiger partial charge in [0.2, 0.25) is 0 Å². The van der Waals surface area contributed by atoms with E-state index in [1.807, 2.05) is 27.0 Å². The van der Waals surface area contributed by atoms with Crippen LogP contribution in [0.3, 0.4) is 0 Å². The molecule has 2 aromatic heterocycles. The normalized spacial score (nSPS) is 10.4. The second-order valence-electron chi connectivity index (χ2n) is 3.67. The Labute approximate surface area is 110 Å². The molecule has 0 fully saturated rings. The fourth-order valence-corrected chi connectivity index (χ4v) is 2.31. The summed E-state index contributed by atoms with van der Waals surface area (Å²) in [6.45, 7) is 4.05. The first-order valence-electron chi connectivity index (χ1n) is 5.73. The highest BCUT2D eigenvalue weighted by atomic mass is 32.2. The quantitative estimate of drug-likeness (QED) is 0.852. The molecule has 0 aliphatic rings. The molecule has 0 spiro atoms. The molecule has 0 amide bonds. The van der Waals surface area contributed by atoms with Gasteiger partial charge in [-0.25, -0.2) is 19.9 Å². The second-order valence-corrected chi connectivity index (χ2v) is 4.68. The number of rotatable bonds is 4. The van der Waals surface area contributed by atoms with Crippen molar-refractivity contribution in [2.75, 3.05) is 12.4 Å². The Hall–Kier alpha value is -1.69. The molecule has 0 aromatic carbocycles. The van der Waals surface area contributed by atoms with Crippen molar-refractivity contribution >= 4 is 17.6 Å². The van der Waals surface area contributed by atoms with E-state index in [2.05, 4.69) is 25.3 Å². The standard InChI is InChI=1S/C12H15N5S/c1-4-9-16-11(13-3)8(2)12(17-9)18-10-5-6-14-7-15-10/h5-7H,4H2,1-3H3,(H,13,16,17). The monoisotopic (exact) mass is 261 g/mol. The van der Waals surface area contributed by atoms with Gasteiger partial charge in [0, 0.05) is 25.2 Å². The minimum atomic E-state index is 0.812. The first kappa shape index (κ1) is 12.8. The summed E-state index contributed by atoms with van der Waals surface area (Å²) in [7, 11) is 1.87. The molecule has 0 saturated heterocycles. The third kappa shape index (κ3) is 2.76. The summed E-state index contributed by atoms with van der Waals surface area (Å²) in [6, 6.07) is 1.87. The van der Waals surface area contributed by atoms with Gasteiger partial charge in [0.25, 0.3) is 0 Å². The first-order chi connectivity index (χ1) is 8.74. The van der Waals surface area contributed by atoms with E-state index in [9.17, 15) is 0 Å². The van der Waals surface area contributed by atoms with Gasteiger partial charge in [0.05, 0.1) is 0 Å². The molecule has 0 radical (unpaired) electrons.